The Morgan fingerprint density at radius 1 is 0.667 bits per heavy atom. The monoisotopic (exact) mass is 268 g/mol. The van der Waals surface area contributed by atoms with Gasteiger partial charge in [0.1, 0.15) is 0 Å². The van der Waals surface area contributed by atoms with Crippen LogP contribution >= 0.6 is 11.1 Å². The first-order valence-electron chi connectivity index (χ1n) is 6.03. The summed E-state index contributed by atoms with van der Waals surface area (Å²) in [7, 11) is -1.60. The minimum absolute atomic E-state index is 1.27. The summed E-state index contributed by atoms with van der Waals surface area (Å²) in [5.74, 6) is 0. The van der Waals surface area contributed by atoms with Crippen LogP contribution in [0.3, 0.4) is 0 Å². The molecular formula is C16H13ClSi. The van der Waals surface area contributed by atoms with E-state index in [-0.39, 0.29) is 0 Å². The summed E-state index contributed by atoms with van der Waals surface area (Å²) >= 11 is 6.75. The van der Waals surface area contributed by atoms with E-state index in [0.717, 1.165) is 0 Å². The van der Waals surface area contributed by atoms with E-state index < -0.39 is 8.11 Å². The summed E-state index contributed by atoms with van der Waals surface area (Å²) in [5.41, 5.74) is 0. The molecule has 0 saturated carbocycles. The molecule has 0 radical (unpaired) electrons. The highest BCUT2D eigenvalue weighted by atomic mass is 35.6. The van der Waals surface area contributed by atoms with Crippen LogP contribution in [-0.4, -0.2) is 8.11 Å². The van der Waals surface area contributed by atoms with Gasteiger partial charge in [0.2, 0.25) is 8.11 Å². The molecule has 3 rings (SSSR count). The van der Waals surface area contributed by atoms with Gasteiger partial charge in [0.25, 0.3) is 0 Å². The van der Waals surface area contributed by atoms with Crippen molar-refractivity contribution in [3.05, 3.63) is 72.8 Å². The van der Waals surface area contributed by atoms with E-state index in [1.54, 1.807) is 0 Å². The molecule has 3 aromatic carbocycles. The van der Waals surface area contributed by atoms with Gasteiger partial charge in [0.05, 0.1) is 0 Å². The molecular weight excluding hydrogens is 256 g/mol. The molecule has 1 atom stereocenters. The molecule has 0 fully saturated rings. The normalized spacial score (nSPS) is 12.5. The zero-order chi connectivity index (χ0) is 12.4. The minimum Gasteiger partial charge on any atom is -0.159 e. The van der Waals surface area contributed by atoms with Gasteiger partial charge in [-0.15, -0.1) is 0 Å². The minimum atomic E-state index is -1.60. The fourth-order valence-corrected chi connectivity index (χ4v) is 5.02. The van der Waals surface area contributed by atoms with Crippen LogP contribution < -0.4 is 10.4 Å². The average Bonchev–Trinajstić information content (AvgIpc) is 2.47. The zero-order valence-corrected chi connectivity index (χ0v) is 11.8. The SMILES string of the molecule is Cl[SiH](c1ccccc1)c1cccc2ccccc12. The standard InChI is InChI=1S/C16H13ClSi/c17-18(14-9-2-1-3-10-14)16-12-6-8-13-7-4-5-11-15(13)16/h1-12,18H. The van der Waals surface area contributed by atoms with Gasteiger partial charge in [-0.2, -0.15) is 11.1 Å². The van der Waals surface area contributed by atoms with Crippen LogP contribution in [-0.2, 0) is 0 Å². The third kappa shape index (κ3) is 2.07. The largest absolute Gasteiger partial charge is 0.202 e. The highest BCUT2D eigenvalue weighted by molar-refractivity contribution is 7.22. The molecule has 0 spiro atoms. The Morgan fingerprint density at radius 3 is 2.17 bits per heavy atom. The topological polar surface area (TPSA) is 0 Å². The van der Waals surface area contributed by atoms with E-state index in [9.17, 15) is 0 Å². The molecule has 0 aliphatic rings. The van der Waals surface area contributed by atoms with Crippen molar-refractivity contribution in [3.8, 4) is 0 Å². The summed E-state index contributed by atoms with van der Waals surface area (Å²) in [5, 5.41) is 5.14. The summed E-state index contributed by atoms with van der Waals surface area (Å²) in [6.07, 6.45) is 0. The van der Waals surface area contributed by atoms with Crippen molar-refractivity contribution in [2.24, 2.45) is 0 Å². The summed E-state index contributed by atoms with van der Waals surface area (Å²) in [6.45, 7) is 0. The Balaban J connectivity index is 2.15. The molecule has 0 nitrogen and oxygen atoms in total. The predicted molar refractivity (Wildman–Crippen MR) is 82.7 cm³/mol. The molecule has 88 valence electrons. The van der Waals surface area contributed by atoms with E-state index in [2.05, 4.69) is 66.7 Å². The second-order valence-electron chi connectivity index (χ2n) is 4.34. The number of rotatable bonds is 2. The maximum absolute atomic E-state index is 6.75. The van der Waals surface area contributed by atoms with Crippen molar-refractivity contribution < 1.29 is 0 Å². The summed E-state index contributed by atoms with van der Waals surface area (Å²) in [6, 6.07) is 25.3. The maximum atomic E-state index is 6.75. The van der Waals surface area contributed by atoms with Crippen LogP contribution in [0.2, 0.25) is 0 Å². The third-order valence-corrected chi connectivity index (χ3v) is 6.67. The quantitative estimate of drug-likeness (QED) is 0.495. The highest BCUT2D eigenvalue weighted by Crippen LogP contribution is 2.12. The van der Waals surface area contributed by atoms with Gasteiger partial charge in [-0.25, -0.2) is 0 Å². The Bertz CT molecular complexity index is 659. The molecule has 0 aliphatic heterocycles. The number of fused-ring (bicyclic) bond motifs is 1. The lowest BCUT2D eigenvalue weighted by Gasteiger charge is -2.11. The fraction of sp³-hybridized carbons (Fsp3) is 0. The van der Waals surface area contributed by atoms with E-state index >= 15 is 0 Å². The molecule has 0 amide bonds. The predicted octanol–water partition coefficient (Wildman–Crippen LogP) is 2.92. The van der Waals surface area contributed by atoms with Crippen LogP contribution in [0.15, 0.2) is 72.8 Å². The Hall–Kier alpha value is -1.57. The van der Waals surface area contributed by atoms with Gasteiger partial charge in [0.15, 0.2) is 0 Å². The smallest absolute Gasteiger partial charge is 0.159 e. The Kier molecular flexibility index (Phi) is 3.18. The molecule has 0 bridgehead atoms. The van der Waals surface area contributed by atoms with Crippen LogP contribution in [0.25, 0.3) is 10.8 Å². The van der Waals surface area contributed by atoms with Crippen molar-refractivity contribution in [1.82, 2.24) is 0 Å². The molecule has 0 aliphatic carbocycles. The molecule has 18 heavy (non-hydrogen) atoms. The van der Waals surface area contributed by atoms with Crippen molar-refractivity contribution >= 4 is 40.3 Å². The highest BCUT2D eigenvalue weighted by Gasteiger charge is 2.15. The summed E-state index contributed by atoms with van der Waals surface area (Å²) < 4.78 is 0. The average molecular weight is 269 g/mol. The van der Waals surface area contributed by atoms with E-state index in [1.165, 1.54) is 21.1 Å². The third-order valence-electron chi connectivity index (χ3n) is 3.19. The van der Waals surface area contributed by atoms with E-state index in [1.807, 2.05) is 6.07 Å². The second kappa shape index (κ2) is 4.97. The van der Waals surface area contributed by atoms with Crippen molar-refractivity contribution in [1.29, 1.82) is 0 Å². The lowest BCUT2D eigenvalue weighted by atomic mass is 10.1. The van der Waals surface area contributed by atoms with Crippen LogP contribution in [0.1, 0.15) is 0 Å². The fourth-order valence-electron chi connectivity index (χ4n) is 2.27. The number of hydrogen-bond donors (Lipinski definition) is 0. The number of halogens is 1. The van der Waals surface area contributed by atoms with E-state index in [0.29, 0.717) is 0 Å². The van der Waals surface area contributed by atoms with Crippen LogP contribution in [0.4, 0.5) is 0 Å². The molecule has 0 N–H and O–H groups in total. The molecule has 0 heterocycles. The molecule has 2 heteroatoms. The van der Waals surface area contributed by atoms with Crippen molar-refractivity contribution in [2.75, 3.05) is 0 Å². The first kappa shape index (κ1) is 11.5. The maximum Gasteiger partial charge on any atom is 0.202 e. The first-order chi connectivity index (χ1) is 8.86. The zero-order valence-electron chi connectivity index (χ0n) is 9.88. The van der Waals surface area contributed by atoms with Crippen LogP contribution in [0, 0.1) is 0 Å². The number of hydrogen-bond acceptors (Lipinski definition) is 0. The molecule has 1 unspecified atom stereocenters. The van der Waals surface area contributed by atoms with Gasteiger partial charge in [-0.05, 0) is 21.1 Å². The van der Waals surface area contributed by atoms with Gasteiger partial charge in [0, 0.05) is 0 Å². The van der Waals surface area contributed by atoms with Gasteiger partial charge in [-0.1, -0.05) is 72.8 Å². The van der Waals surface area contributed by atoms with Gasteiger partial charge >= 0.3 is 0 Å². The second-order valence-corrected chi connectivity index (χ2v) is 7.66. The van der Waals surface area contributed by atoms with E-state index in [4.69, 9.17) is 11.1 Å². The molecule has 0 aromatic heterocycles. The molecule has 0 saturated heterocycles. The van der Waals surface area contributed by atoms with Crippen molar-refractivity contribution in [3.63, 3.8) is 0 Å². The lowest BCUT2D eigenvalue weighted by molar-refractivity contribution is 1.75. The summed E-state index contributed by atoms with van der Waals surface area (Å²) in [4.78, 5) is 0. The lowest BCUT2D eigenvalue weighted by Crippen LogP contribution is -2.37. The van der Waals surface area contributed by atoms with Crippen molar-refractivity contribution in [2.45, 2.75) is 0 Å². The Morgan fingerprint density at radius 2 is 1.33 bits per heavy atom. The van der Waals surface area contributed by atoms with Crippen LogP contribution in [0.5, 0.6) is 0 Å². The van der Waals surface area contributed by atoms with Gasteiger partial charge in [-0.3, -0.25) is 0 Å². The number of benzene rings is 3. The molecule has 3 aromatic rings. The van der Waals surface area contributed by atoms with Gasteiger partial charge < -0.3 is 0 Å². The first-order valence-corrected chi connectivity index (χ1v) is 8.93. The Labute approximate surface area is 113 Å².